The molecular weight excluding hydrogens is 434 g/mol. The molecule has 1 aliphatic heterocycles. The molecule has 0 spiro atoms. The summed E-state index contributed by atoms with van der Waals surface area (Å²) in [6.45, 7) is 2.59. The van der Waals surface area contributed by atoms with E-state index in [2.05, 4.69) is 9.97 Å². The van der Waals surface area contributed by atoms with E-state index < -0.39 is 36.1 Å². The summed E-state index contributed by atoms with van der Waals surface area (Å²) in [7, 11) is 0. The van der Waals surface area contributed by atoms with E-state index in [1.807, 2.05) is 0 Å². The number of nitrogen functional groups attached to an aromatic ring is 1. The Morgan fingerprint density at radius 1 is 1.30 bits per heavy atom. The molecule has 3 aromatic rings. The van der Waals surface area contributed by atoms with E-state index in [1.54, 1.807) is 12.1 Å². The fourth-order valence-corrected chi connectivity index (χ4v) is 3.87. The summed E-state index contributed by atoms with van der Waals surface area (Å²) in [6, 6.07) is 6.49. The third kappa shape index (κ3) is 4.65. The number of benzene rings is 1. The largest absolute Gasteiger partial charge is 0.508 e. The Balaban J connectivity index is 1.79. The molecule has 3 N–H and O–H groups in total. The molecule has 0 radical (unpaired) electrons. The Bertz CT molecular complexity index is 1270. The lowest BCUT2D eigenvalue weighted by Gasteiger charge is -2.19. The van der Waals surface area contributed by atoms with Crippen LogP contribution in [0.4, 0.5) is 5.95 Å². The molecule has 1 aromatic carbocycles. The van der Waals surface area contributed by atoms with Crippen LogP contribution in [0.3, 0.4) is 0 Å². The first kappa shape index (κ1) is 22.3. The first-order valence-corrected chi connectivity index (χ1v) is 10.2. The van der Waals surface area contributed by atoms with Crippen LogP contribution in [0, 0.1) is 0 Å². The van der Waals surface area contributed by atoms with Gasteiger partial charge in [0, 0.05) is 20.3 Å². The number of hydrogen-bond acceptors (Lipinski definition) is 10. The Morgan fingerprint density at radius 3 is 2.79 bits per heavy atom. The number of esters is 2. The number of anilines is 1. The zero-order chi connectivity index (χ0) is 23.7. The van der Waals surface area contributed by atoms with E-state index in [1.165, 1.54) is 41.3 Å². The summed E-state index contributed by atoms with van der Waals surface area (Å²) in [5.41, 5.74) is 6.54. The Morgan fingerprint density at radius 2 is 2.09 bits per heavy atom. The minimum atomic E-state index is -1.02. The van der Waals surface area contributed by atoms with Crippen LogP contribution in [0.5, 0.6) is 5.75 Å². The van der Waals surface area contributed by atoms with Crippen LogP contribution in [0.2, 0.25) is 0 Å². The van der Waals surface area contributed by atoms with E-state index in [-0.39, 0.29) is 36.9 Å². The van der Waals surface area contributed by atoms with Gasteiger partial charge in [-0.25, -0.2) is 14.3 Å². The molecule has 2 aromatic heterocycles. The molecule has 0 saturated carbocycles. The first-order chi connectivity index (χ1) is 15.7. The average Bonchev–Trinajstić information content (AvgIpc) is 3.24. The highest BCUT2D eigenvalue weighted by molar-refractivity contribution is 5.72. The lowest BCUT2D eigenvalue weighted by Crippen LogP contribution is -2.34. The van der Waals surface area contributed by atoms with Crippen molar-refractivity contribution in [1.29, 1.82) is 0 Å². The number of hydrogen-bond donors (Lipinski definition) is 2. The maximum atomic E-state index is 13.5. The van der Waals surface area contributed by atoms with Crippen molar-refractivity contribution >= 4 is 29.1 Å². The van der Waals surface area contributed by atoms with Gasteiger partial charge in [0.05, 0.1) is 18.8 Å². The fourth-order valence-electron chi connectivity index (χ4n) is 3.87. The zero-order valence-electron chi connectivity index (χ0n) is 18.0. The zero-order valence-corrected chi connectivity index (χ0v) is 18.0. The highest BCUT2D eigenvalue weighted by Gasteiger charge is 2.41. The summed E-state index contributed by atoms with van der Waals surface area (Å²) in [5, 5.41) is 9.79. The van der Waals surface area contributed by atoms with Gasteiger partial charge in [0.25, 0.3) is 0 Å². The number of nitrogens with zero attached hydrogens (tertiary/aromatic N) is 4. The predicted molar refractivity (Wildman–Crippen MR) is 114 cm³/mol. The van der Waals surface area contributed by atoms with E-state index in [0.29, 0.717) is 11.1 Å². The number of rotatable bonds is 6. The number of fused-ring (bicyclic) bond motifs is 1. The van der Waals surface area contributed by atoms with Crippen molar-refractivity contribution in [2.45, 2.75) is 45.2 Å². The Hall–Kier alpha value is -3.93. The molecule has 1 saturated heterocycles. The third-order valence-corrected chi connectivity index (χ3v) is 5.17. The quantitative estimate of drug-likeness (QED) is 0.504. The lowest BCUT2D eigenvalue weighted by molar-refractivity contribution is -0.153. The maximum Gasteiger partial charge on any atom is 0.332 e. The molecule has 0 amide bonds. The number of ether oxygens (including phenoxy) is 3. The van der Waals surface area contributed by atoms with Gasteiger partial charge in [0.2, 0.25) is 5.95 Å². The van der Waals surface area contributed by atoms with Crippen LogP contribution in [0.1, 0.15) is 32.1 Å². The highest BCUT2D eigenvalue weighted by Crippen LogP contribution is 2.33. The molecule has 174 valence electrons. The van der Waals surface area contributed by atoms with Gasteiger partial charge in [-0.2, -0.15) is 4.98 Å². The van der Waals surface area contributed by atoms with Crippen LogP contribution in [0.15, 0.2) is 35.3 Å². The van der Waals surface area contributed by atoms with Crippen molar-refractivity contribution in [1.82, 2.24) is 19.1 Å². The second-order valence-corrected chi connectivity index (χ2v) is 7.68. The van der Waals surface area contributed by atoms with Gasteiger partial charge in [0.15, 0.2) is 11.9 Å². The smallest absolute Gasteiger partial charge is 0.332 e. The van der Waals surface area contributed by atoms with Crippen molar-refractivity contribution in [2.75, 3.05) is 12.3 Å². The van der Waals surface area contributed by atoms with Crippen LogP contribution >= 0.6 is 0 Å². The SMILES string of the molecule is CC(=O)OC[C@@H]1C[C@@H](OC(C)=O)[C@H](n2c(=O)n(Cc3cccc(O)c3)c3cnc(N)nc32)O1. The lowest BCUT2D eigenvalue weighted by atomic mass is 10.2. The topological polar surface area (TPSA) is 161 Å². The van der Waals surface area contributed by atoms with Crippen molar-refractivity contribution < 1.29 is 28.9 Å². The molecule has 4 rings (SSSR count). The second-order valence-electron chi connectivity index (χ2n) is 7.68. The summed E-state index contributed by atoms with van der Waals surface area (Å²) < 4.78 is 19.1. The van der Waals surface area contributed by atoms with E-state index in [9.17, 15) is 19.5 Å². The fraction of sp³-hybridized carbons (Fsp3) is 0.381. The first-order valence-electron chi connectivity index (χ1n) is 10.2. The van der Waals surface area contributed by atoms with E-state index in [0.717, 1.165) is 0 Å². The van der Waals surface area contributed by atoms with Crippen LogP contribution in [0.25, 0.3) is 11.2 Å². The molecular formula is C21H23N5O7. The number of carbonyl (C=O) groups is 2. The van der Waals surface area contributed by atoms with Crippen molar-refractivity contribution in [3.63, 3.8) is 0 Å². The molecule has 0 unspecified atom stereocenters. The van der Waals surface area contributed by atoms with Crippen LogP contribution in [-0.2, 0) is 30.3 Å². The standard InChI is InChI=1S/C21H23N5O7/c1-11(27)31-10-15-7-17(32-12(2)28)19(33-15)26-18-16(8-23-20(22)24-18)25(21(26)30)9-13-4-3-5-14(29)6-13/h3-6,8,15,17,19,29H,7,9-10H2,1-2H3,(H2,22,23,24)/t15-,17+,19+/m0/s1. The predicted octanol–water partition coefficient (Wildman–Crippen LogP) is 0.711. The summed E-state index contributed by atoms with van der Waals surface area (Å²) >= 11 is 0. The summed E-state index contributed by atoms with van der Waals surface area (Å²) in [6.07, 6.45) is -0.811. The van der Waals surface area contributed by atoms with Crippen molar-refractivity contribution in [3.8, 4) is 5.75 Å². The van der Waals surface area contributed by atoms with Gasteiger partial charge in [0.1, 0.15) is 24.0 Å². The number of phenols is 1. The normalized spacial score (nSPS) is 20.1. The minimum Gasteiger partial charge on any atom is -0.508 e. The third-order valence-electron chi connectivity index (χ3n) is 5.17. The van der Waals surface area contributed by atoms with E-state index >= 15 is 0 Å². The summed E-state index contributed by atoms with van der Waals surface area (Å²) in [4.78, 5) is 44.7. The van der Waals surface area contributed by atoms with Crippen molar-refractivity contribution in [2.24, 2.45) is 0 Å². The van der Waals surface area contributed by atoms with Crippen molar-refractivity contribution in [3.05, 3.63) is 46.5 Å². The van der Waals surface area contributed by atoms with Gasteiger partial charge in [-0.15, -0.1) is 0 Å². The number of imidazole rings is 1. The molecule has 0 aliphatic carbocycles. The van der Waals surface area contributed by atoms with Gasteiger partial charge in [-0.05, 0) is 17.7 Å². The number of aromatic nitrogens is 4. The number of nitrogens with two attached hydrogens (primary N) is 1. The van der Waals surface area contributed by atoms with Gasteiger partial charge in [-0.1, -0.05) is 12.1 Å². The van der Waals surface area contributed by atoms with Gasteiger partial charge >= 0.3 is 17.6 Å². The number of phenolic OH excluding ortho intramolecular Hbond substituents is 1. The highest BCUT2D eigenvalue weighted by atomic mass is 16.6. The molecule has 0 bridgehead atoms. The Kier molecular flexibility index (Phi) is 6.01. The molecule has 1 aliphatic rings. The van der Waals surface area contributed by atoms with Gasteiger partial charge in [-0.3, -0.25) is 14.2 Å². The number of aromatic hydroxyl groups is 1. The molecule has 1 fully saturated rings. The van der Waals surface area contributed by atoms with E-state index in [4.69, 9.17) is 19.9 Å². The minimum absolute atomic E-state index is 0.0516. The Labute approximate surface area is 187 Å². The maximum absolute atomic E-state index is 13.5. The molecule has 3 heterocycles. The monoisotopic (exact) mass is 457 g/mol. The summed E-state index contributed by atoms with van der Waals surface area (Å²) in [5.74, 6) is -1.02. The molecule has 33 heavy (non-hydrogen) atoms. The van der Waals surface area contributed by atoms with Gasteiger partial charge < -0.3 is 25.1 Å². The molecule has 3 atom stereocenters. The van der Waals surface area contributed by atoms with Crippen LogP contribution in [-0.4, -0.2) is 55.0 Å². The molecule has 12 nitrogen and oxygen atoms in total. The molecule has 12 heteroatoms. The second kappa shape index (κ2) is 8.90. The average molecular weight is 457 g/mol. The van der Waals surface area contributed by atoms with Crippen LogP contribution < -0.4 is 11.4 Å². The number of carbonyl (C=O) groups excluding carboxylic acids is 2.